The zero-order valence-corrected chi connectivity index (χ0v) is 13.1. The molecule has 0 radical (unpaired) electrons. The average molecular weight is 304 g/mol. The van der Waals surface area contributed by atoms with Crippen molar-refractivity contribution >= 4 is 0 Å². The summed E-state index contributed by atoms with van der Waals surface area (Å²) < 4.78 is 5.43. The Morgan fingerprint density at radius 1 is 0.739 bits per heavy atom. The van der Waals surface area contributed by atoms with Gasteiger partial charge in [0.15, 0.2) is 0 Å². The van der Waals surface area contributed by atoms with E-state index in [4.69, 9.17) is 4.74 Å². The summed E-state index contributed by atoms with van der Waals surface area (Å²) >= 11 is 0. The number of aliphatic hydroxyl groups is 1. The molecule has 1 N–H and O–H groups in total. The first-order chi connectivity index (χ1) is 11.3. The molecule has 0 saturated heterocycles. The maximum atomic E-state index is 10.5. The van der Waals surface area contributed by atoms with Gasteiger partial charge in [-0.25, -0.2) is 0 Å². The van der Waals surface area contributed by atoms with Crippen molar-refractivity contribution < 1.29 is 9.84 Å². The number of hydrogen-bond acceptors (Lipinski definition) is 2. The Hall–Kier alpha value is -2.58. The molecule has 0 heterocycles. The first kappa shape index (κ1) is 15.3. The lowest BCUT2D eigenvalue weighted by Crippen LogP contribution is -2.00. The van der Waals surface area contributed by atoms with Gasteiger partial charge >= 0.3 is 0 Å². The van der Waals surface area contributed by atoms with Gasteiger partial charge in [0.2, 0.25) is 0 Å². The highest BCUT2D eigenvalue weighted by Crippen LogP contribution is 2.26. The summed E-state index contributed by atoms with van der Waals surface area (Å²) in [4.78, 5) is 0. The van der Waals surface area contributed by atoms with Crippen LogP contribution >= 0.6 is 0 Å². The molecule has 3 aromatic carbocycles. The van der Waals surface area contributed by atoms with Crippen LogP contribution in [0.1, 0.15) is 24.2 Å². The standard InChI is InChI=1S/C21H20O2/c1-2-23-20-14-12-19(13-15-20)21(22)18-10-8-17(9-11-18)16-6-4-3-5-7-16/h3-15,21-22H,2H2,1H3/t21-/m1/s1. The molecule has 0 unspecified atom stereocenters. The van der Waals surface area contributed by atoms with E-state index >= 15 is 0 Å². The van der Waals surface area contributed by atoms with Crippen molar-refractivity contribution in [3.05, 3.63) is 90.0 Å². The second-order valence-corrected chi connectivity index (χ2v) is 5.39. The highest BCUT2D eigenvalue weighted by molar-refractivity contribution is 5.63. The zero-order valence-electron chi connectivity index (χ0n) is 13.1. The summed E-state index contributed by atoms with van der Waals surface area (Å²) in [6.45, 7) is 2.60. The van der Waals surface area contributed by atoms with Crippen molar-refractivity contribution in [1.29, 1.82) is 0 Å². The fourth-order valence-corrected chi connectivity index (χ4v) is 2.59. The van der Waals surface area contributed by atoms with Gasteiger partial charge in [0.25, 0.3) is 0 Å². The van der Waals surface area contributed by atoms with Crippen molar-refractivity contribution in [1.82, 2.24) is 0 Å². The second-order valence-electron chi connectivity index (χ2n) is 5.39. The molecule has 3 aromatic rings. The molecule has 0 spiro atoms. The molecule has 0 aliphatic rings. The van der Waals surface area contributed by atoms with Crippen LogP contribution in [0.15, 0.2) is 78.9 Å². The van der Waals surface area contributed by atoms with E-state index in [2.05, 4.69) is 12.1 Å². The third-order valence-corrected chi connectivity index (χ3v) is 3.84. The van der Waals surface area contributed by atoms with E-state index in [0.29, 0.717) is 6.61 Å². The van der Waals surface area contributed by atoms with Crippen LogP contribution in [0, 0.1) is 0 Å². The quantitative estimate of drug-likeness (QED) is 0.731. The van der Waals surface area contributed by atoms with Gasteiger partial charge in [0.1, 0.15) is 11.9 Å². The van der Waals surface area contributed by atoms with Gasteiger partial charge in [0, 0.05) is 0 Å². The van der Waals surface area contributed by atoms with E-state index in [1.54, 1.807) is 0 Å². The van der Waals surface area contributed by atoms with Crippen molar-refractivity contribution in [3.8, 4) is 16.9 Å². The Bertz CT molecular complexity index is 731. The second kappa shape index (κ2) is 7.12. The van der Waals surface area contributed by atoms with E-state index in [9.17, 15) is 5.11 Å². The molecule has 0 aliphatic carbocycles. The predicted molar refractivity (Wildman–Crippen MR) is 93.6 cm³/mol. The van der Waals surface area contributed by atoms with Gasteiger partial charge in [-0.15, -0.1) is 0 Å². The van der Waals surface area contributed by atoms with Crippen LogP contribution in [-0.4, -0.2) is 11.7 Å². The minimum Gasteiger partial charge on any atom is -0.494 e. The van der Waals surface area contributed by atoms with Crippen LogP contribution in [0.25, 0.3) is 11.1 Å². The Balaban J connectivity index is 1.78. The van der Waals surface area contributed by atoms with E-state index < -0.39 is 6.10 Å². The van der Waals surface area contributed by atoms with Crippen molar-refractivity contribution in [2.24, 2.45) is 0 Å². The van der Waals surface area contributed by atoms with Crippen molar-refractivity contribution in [2.45, 2.75) is 13.0 Å². The molecule has 0 amide bonds. The van der Waals surface area contributed by atoms with E-state index in [0.717, 1.165) is 22.4 Å². The Labute approximate surface area is 137 Å². The third kappa shape index (κ3) is 3.61. The monoisotopic (exact) mass is 304 g/mol. The van der Waals surface area contributed by atoms with Gasteiger partial charge in [-0.2, -0.15) is 0 Å². The van der Waals surface area contributed by atoms with Crippen LogP contribution in [-0.2, 0) is 0 Å². The molecule has 0 saturated carbocycles. The van der Waals surface area contributed by atoms with Gasteiger partial charge in [-0.05, 0) is 41.3 Å². The molecular weight excluding hydrogens is 284 g/mol. The van der Waals surface area contributed by atoms with Gasteiger partial charge in [-0.3, -0.25) is 0 Å². The number of rotatable bonds is 5. The maximum Gasteiger partial charge on any atom is 0.119 e. The Kier molecular flexibility index (Phi) is 4.74. The summed E-state index contributed by atoms with van der Waals surface area (Å²) in [6, 6.07) is 25.8. The average Bonchev–Trinajstić information content (AvgIpc) is 2.63. The van der Waals surface area contributed by atoms with Gasteiger partial charge in [-0.1, -0.05) is 66.7 Å². The lowest BCUT2D eigenvalue weighted by atomic mass is 9.98. The predicted octanol–water partition coefficient (Wildman–Crippen LogP) is 4.83. The van der Waals surface area contributed by atoms with E-state index in [-0.39, 0.29) is 0 Å². The lowest BCUT2D eigenvalue weighted by molar-refractivity contribution is 0.220. The largest absolute Gasteiger partial charge is 0.494 e. The lowest BCUT2D eigenvalue weighted by Gasteiger charge is -2.13. The molecule has 0 fully saturated rings. The summed E-state index contributed by atoms with van der Waals surface area (Å²) in [5.74, 6) is 0.822. The Morgan fingerprint density at radius 3 is 1.83 bits per heavy atom. The van der Waals surface area contributed by atoms with E-state index in [1.807, 2.05) is 73.7 Å². The highest BCUT2D eigenvalue weighted by Gasteiger charge is 2.10. The molecule has 0 bridgehead atoms. The third-order valence-electron chi connectivity index (χ3n) is 3.84. The van der Waals surface area contributed by atoms with E-state index in [1.165, 1.54) is 5.56 Å². The molecule has 23 heavy (non-hydrogen) atoms. The van der Waals surface area contributed by atoms with Crippen LogP contribution in [0.3, 0.4) is 0 Å². The molecule has 1 atom stereocenters. The SMILES string of the molecule is CCOc1ccc([C@H](O)c2ccc(-c3ccccc3)cc2)cc1. The first-order valence-electron chi connectivity index (χ1n) is 7.84. The van der Waals surface area contributed by atoms with Crippen LogP contribution < -0.4 is 4.74 Å². The zero-order chi connectivity index (χ0) is 16.1. The molecular formula is C21H20O2. The number of aliphatic hydroxyl groups excluding tert-OH is 1. The number of hydrogen-bond donors (Lipinski definition) is 1. The molecule has 2 nitrogen and oxygen atoms in total. The molecule has 3 rings (SSSR count). The van der Waals surface area contributed by atoms with Crippen LogP contribution in [0.2, 0.25) is 0 Å². The molecule has 116 valence electrons. The Morgan fingerprint density at radius 2 is 1.26 bits per heavy atom. The van der Waals surface area contributed by atoms with Crippen LogP contribution in [0.4, 0.5) is 0 Å². The fourth-order valence-electron chi connectivity index (χ4n) is 2.59. The highest BCUT2D eigenvalue weighted by atomic mass is 16.5. The fraction of sp³-hybridized carbons (Fsp3) is 0.143. The number of benzene rings is 3. The molecule has 0 aliphatic heterocycles. The molecule has 0 aromatic heterocycles. The number of ether oxygens (including phenoxy) is 1. The van der Waals surface area contributed by atoms with Crippen LogP contribution in [0.5, 0.6) is 5.75 Å². The topological polar surface area (TPSA) is 29.5 Å². The maximum absolute atomic E-state index is 10.5. The summed E-state index contributed by atoms with van der Waals surface area (Å²) in [6.07, 6.45) is -0.629. The summed E-state index contributed by atoms with van der Waals surface area (Å²) in [5.41, 5.74) is 4.07. The molecule has 2 heteroatoms. The first-order valence-corrected chi connectivity index (χ1v) is 7.84. The van der Waals surface area contributed by atoms with Gasteiger partial charge in [0.05, 0.1) is 6.61 Å². The minimum atomic E-state index is -0.629. The summed E-state index contributed by atoms with van der Waals surface area (Å²) in [7, 11) is 0. The summed E-state index contributed by atoms with van der Waals surface area (Å²) in [5, 5.41) is 10.5. The minimum absolute atomic E-state index is 0.629. The van der Waals surface area contributed by atoms with Crippen molar-refractivity contribution in [3.63, 3.8) is 0 Å². The van der Waals surface area contributed by atoms with Crippen molar-refractivity contribution in [2.75, 3.05) is 6.61 Å². The van der Waals surface area contributed by atoms with Gasteiger partial charge < -0.3 is 9.84 Å². The smallest absolute Gasteiger partial charge is 0.119 e. The normalized spacial score (nSPS) is 11.9.